The summed E-state index contributed by atoms with van der Waals surface area (Å²) in [6.07, 6.45) is 5.67. The first kappa shape index (κ1) is 18.4. The first-order chi connectivity index (χ1) is 13.6. The lowest BCUT2D eigenvalue weighted by molar-refractivity contribution is 0.0642. The van der Waals surface area contributed by atoms with E-state index in [1.54, 1.807) is 24.3 Å². The quantitative estimate of drug-likeness (QED) is 0.764. The maximum Gasteiger partial charge on any atom is 0.261 e. The highest BCUT2D eigenvalue weighted by Gasteiger charge is 2.35. The third-order valence-corrected chi connectivity index (χ3v) is 5.54. The average molecular weight is 376 g/mol. The number of imide groups is 1. The van der Waals surface area contributed by atoms with Crippen LogP contribution in [-0.4, -0.2) is 40.6 Å². The van der Waals surface area contributed by atoms with Gasteiger partial charge in [0.2, 0.25) is 0 Å². The van der Waals surface area contributed by atoms with Crippen LogP contribution >= 0.6 is 0 Å². The number of carbonyl (C=O) groups is 3. The van der Waals surface area contributed by atoms with Gasteiger partial charge in [0.1, 0.15) is 0 Å². The summed E-state index contributed by atoms with van der Waals surface area (Å²) in [6.45, 7) is 1.76. The molecule has 28 heavy (non-hydrogen) atoms. The van der Waals surface area contributed by atoms with Crippen molar-refractivity contribution in [3.8, 4) is 0 Å². The fourth-order valence-electron chi connectivity index (χ4n) is 4.00. The molecule has 3 amide bonds. The Balaban J connectivity index is 1.51. The smallest absolute Gasteiger partial charge is 0.261 e. The normalized spacial score (nSPS) is 17.3. The van der Waals surface area contributed by atoms with Gasteiger partial charge in [0.05, 0.1) is 17.7 Å². The Morgan fingerprint density at radius 1 is 0.786 bits per heavy atom. The first-order valence-electron chi connectivity index (χ1n) is 9.98. The molecule has 144 valence electrons. The molecule has 2 heterocycles. The molecule has 0 saturated carbocycles. The van der Waals surface area contributed by atoms with E-state index >= 15 is 0 Å². The van der Waals surface area contributed by atoms with Crippen molar-refractivity contribution in [2.24, 2.45) is 0 Å². The Kier molecular flexibility index (Phi) is 5.24. The zero-order valence-electron chi connectivity index (χ0n) is 15.9. The van der Waals surface area contributed by atoms with E-state index in [1.807, 2.05) is 29.2 Å². The van der Waals surface area contributed by atoms with Gasteiger partial charge in [-0.15, -0.1) is 0 Å². The zero-order valence-corrected chi connectivity index (χ0v) is 15.9. The van der Waals surface area contributed by atoms with Crippen molar-refractivity contribution in [1.29, 1.82) is 0 Å². The predicted octanol–water partition coefficient (Wildman–Crippen LogP) is 3.89. The van der Waals surface area contributed by atoms with Crippen molar-refractivity contribution >= 4 is 17.7 Å². The summed E-state index contributed by atoms with van der Waals surface area (Å²) in [7, 11) is 0. The van der Waals surface area contributed by atoms with Crippen molar-refractivity contribution in [2.75, 3.05) is 13.1 Å². The van der Waals surface area contributed by atoms with E-state index in [-0.39, 0.29) is 24.3 Å². The summed E-state index contributed by atoms with van der Waals surface area (Å²) in [5.41, 5.74) is 2.29. The number of nitrogens with zero attached hydrogens (tertiary/aromatic N) is 2. The topological polar surface area (TPSA) is 57.7 Å². The summed E-state index contributed by atoms with van der Waals surface area (Å²) in [6, 6.07) is 14.2. The number of likely N-dealkylation sites (tertiary alicyclic amines) is 1. The van der Waals surface area contributed by atoms with E-state index in [9.17, 15) is 14.4 Å². The zero-order chi connectivity index (χ0) is 19.5. The van der Waals surface area contributed by atoms with E-state index in [2.05, 4.69) is 0 Å². The minimum Gasteiger partial charge on any atom is -0.339 e. The third kappa shape index (κ3) is 3.57. The van der Waals surface area contributed by atoms with E-state index in [0.29, 0.717) is 16.7 Å². The Bertz CT molecular complexity index is 879. The van der Waals surface area contributed by atoms with Crippen LogP contribution in [0, 0.1) is 0 Å². The third-order valence-electron chi connectivity index (χ3n) is 5.54. The van der Waals surface area contributed by atoms with E-state index in [0.717, 1.165) is 31.5 Å². The number of hydrogen-bond acceptors (Lipinski definition) is 3. The summed E-state index contributed by atoms with van der Waals surface area (Å²) < 4.78 is 0. The van der Waals surface area contributed by atoms with E-state index in [4.69, 9.17) is 0 Å². The molecule has 0 aliphatic carbocycles. The second-order valence-corrected chi connectivity index (χ2v) is 7.50. The van der Waals surface area contributed by atoms with Gasteiger partial charge in [0, 0.05) is 18.7 Å². The number of rotatable bonds is 3. The highest BCUT2D eigenvalue weighted by Crippen LogP contribution is 2.24. The van der Waals surface area contributed by atoms with Crippen LogP contribution in [0.4, 0.5) is 0 Å². The lowest BCUT2D eigenvalue weighted by atomic mass is 10.1. The molecule has 0 aromatic heterocycles. The molecule has 0 spiro atoms. The number of amides is 3. The molecular formula is C23H24N2O3. The number of benzene rings is 2. The van der Waals surface area contributed by atoms with Crippen molar-refractivity contribution in [3.63, 3.8) is 0 Å². The number of hydrogen-bond donors (Lipinski definition) is 0. The highest BCUT2D eigenvalue weighted by atomic mass is 16.2. The standard InChI is InChI=1S/C23H24N2O3/c26-21(24-13-6-2-1-3-7-14-24)18-10-8-9-17(15-18)16-25-22(27)19-11-4-5-12-20(19)23(25)28/h4-5,8-12,15H,1-3,6-7,13-14,16H2. The maximum atomic E-state index is 12.9. The van der Waals surface area contributed by atoms with Gasteiger partial charge in [-0.05, 0) is 42.7 Å². The molecule has 5 heteroatoms. The Hall–Kier alpha value is -2.95. The lowest BCUT2D eigenvalue weighted by Gasteiger charge is -2.25. The van der Waals surface area contributed by atoms with Gasteiger partial charge in [-0.3, -0.25) is 19.3 Å². The summed E-state index contributed by atoms with van der Waals surface area (Å²) in [5.74, 6) is -0.520. The molecule has 0 radical (unpaired) electrons. The lowest BCUT2D eigenvalue weighted by Crippen LogP contribution is -2.34. The van der Waals surface area contributed by atoms with Gasteiger partial charge in [0.25, 0.3) is 17.7 Å². The van der Waals surface area contributed by atoms with E-state index in [1.165, 1.54) is 24.2 Å². The van der Waals surface area contributed by atoms with Crippen LogP contribution in [0.25, 0.3) is 0 Å². The van der Waals surface area contributed by atoms with Crippen molar-refractivity contribution in [2.45, 2.75) is 38.6 Å². The second kappa shape index (κ2) is 7.97. The van der Waals surface area contributed by atoms with Crippen molar-refractivity contribution in [3.05, 3.63) is 70.8 Å². The molecule has 2 aliphatic rings. The molecule has 0 bridgehead atoms. The van der Waals surface area contributed by atoms with Crippen molar-refractivity contribution in [1.82, 2.24) is 9.80 Å². The molecule has 1 saturated heterocycles. The number of carbonyl (C=O) groups excluding carboxylic acids is 3. The first-order valence-corrected chi connectivity index (χ1v) is 9.98. The molecule has 0 N–H and O–H groups in total. The SMILES string of the molecule is O=C(c1cccc(CN2C(=O)c3ccccc3C2=O)c1)N1CCCCCCC1. The fourth-order valence-corrected chi connectivity index (χ4v) is 4.00. The Labute approximate surface area is 164 Å². The molecule has 2 aliphatic heterocycles. The van der Waals surface area contributed by atoms with Crippen LogP contribution in [0.3, 0.4) is 0 Å². The van der Waals surface area contributed by atoms with Crippen LogP contribution in [0.2, 0.25) is 0 Å². The monoisotopic (exact) mass is 376 g/mol. The van der Waals surface area contributed by atoms with Crippen LogP contribution < -0.4 is 0 Å². The predicted molar refractivity (Wildman–Crippen MR) is 106 cm³/mol. The van der Waals surface area contributed by atoms with Crippen LogP contribution in [0.5, 0.6) is 0 Å². The van der Waals surface area contributed by atoms with E-state index < -0.39 is 0 Å². The summed E-state index contributed by atoms with van der Waals surface area (Å²) in [4.78, 5) is 41.3. The van der Waals surface area contributed by atoms with Gasteiger partial charge in [-0.1, -0.05) is 43.5 Å². The molecular weight excluding hydrogens is 352 g/mol. The molecule has 2 aromatic rings. The minimum absolute atomic E-state index is 0.0334. The van der Waals surface area contributed by atoms with Crippen molar-refractivity contribution < 1.29 is 14.4 Å². The minimum atomic E-state index is -0.277. The molecule has 0 atom stereocenters. The number of fused-ring (bicyclic) bond motifs is 1. The summed E-state index contributed by atoms with van der Waals surface area (Å²) in [5, 5.41) is 0. The fraction of sp³-hybridized carbons (Fsp3) is 0.348. The molecule has 2 aromatic carbocycles. The van der Waals surface area contributed by atoms with Gasteiger partial charge in [-0.25, -0.2) is 0 Å². The Morgan fingerprint density at radius 2 is 1.39 bits per heavy atom. The van der Waals surface area contributed by atoms with Crippen LogP contribution in [-0.2, 0) is 6.54 Å². The average Bonchev–Trinajstić information content (AvgIpc) is 2.93. The van der Waals surface area contributed by atoms with Crippen LogP contribution in [0.15, 0.2) is 48.5 Å². The second-order valence-electron chi connectivity index (χ2n) is 7.50. The van der Waals surface area contributed by atoms with Gasteiger partial charge < -0.3 is 4.90 Å². The Morgan fingerprint density at radius 3 is 2.04 bits per heavy atom. The largest absolute Gasteiger partial charge is 0.339 e. The van der Waals surface area contributed by atoms with Crippen LogP contribution in [0.1, 0.15) is 68.7 Å². The van der Waals surface area contributed by atoms with Gasteiger partial charge >= 0.3 is 0 Å². The molecule has 5 nitrogen and oxygen atoms in total. The molecule has 1 fully saturated rings. The molecule has 4 rings (SSSR count). The van der Waals surface area contributed by atoms with Gasteiger partial charge in [-0.2, -0.15) is 0 Å². The summed E-state index contributed by atoms with van der Waals surface area (Å²) >= 11 is 0. The highest BCUT2D eigenvalue weighted by molar-refractivity contribution is 6.21. The van der Waals surface area contributed by atoms with Gasteiger partial charge in [0.15, 0.2) is 0 Å². The maximum absolute atomic E-state index is 12.9. The molecule has 0 unspecified atom stereocenters.